The van der Waals surface area contributed by atoms with Crippen LogP contribution >= 0.6 is 11.3 Å². The molecule has 1 aromatic heterocycles. The number of rotatable bonds is 4. The summed E-state index contributed by atoms with van der Waals surface area (Å²) in [5, 5.41) is 7.78. The van der Waals surface area contributed by atoms with Gasteiger partial charge in [-0.05, 0) is 34.6 Å². The van der Waals surface area contributed by atoms with Crippen molar-refractivity contribution < 1.29 is 0 Å². The summed E-state index contributed by atoms with van der Waals surface area (Å²) in [6.07, 6.45) is 2.82. The highest BCUT2D eigenvalue weighted by molar-refractivity contribution is 7.11. The summed E-state index contributed by atoms with van der Waals surface area (Å²) in [5.41, 5.74) is 0.0266. The Bertz CT molecular complexity index is 390. The fraction of sp³-hybridized carbons (Fsp3) is 0.692. The van der Waals surface area contributed by atoms with Gasteiger partial charge in [-0.2, -0.15) is 0 Å². The van der Waals surface area contributed by atoms with Crippen molar-refractivity contribution in [3.63, 3.8) is 0 Å². The van der Waals surface area contributed by atoms with Crippen LogP contribution in [0.15, 0.2) is 11.2 Å². The first-order chi connectivity index (χ1) is 8.40. The second-order valence-electron chi connectivity index (χ2n) is 5.25. The molecule has 1 aromatic rings. The summed E-state index contributed by atoms with van der Waals surface area (Å²) in [5.74, 6) is 0.873. The zero-order chi connectivity index (χ0) is 13.6. The number of aliphatic imine (C=N–C) groups is 1. The number of hydrogen-bond acceptors (Lipinski definition) is 3. The molecule has 0 radical (unpaired) electrons. The van der Waals surface area contributed by atoms with Gasteiger partial charge in [0.2, 0.25) is 0 Å². The average molecular weight is 268 g/mol. The van der Waals surface area contributed by atoms with Gasteiger partial charge in [0.15, 0.2) is 5.96 Å². The van der Waals surface area contributed by atoms with Gasteiger partial charge in [-0.25, -0.2) is 4.98 Å². The molecular formula is C13H24N4S. The van der Waals surface area contributed by atoms with Gasteiger partial charge in [-0.3, -0.25) is 4.99 Å². The second-order valence-corrected chi connectivity index (χ2v) is 6.57. The van der Waals surface area contributed by atoms with Crippen LogP contribution in [0.5, 0.6) is 0 Å². The number of thiazole rings is 1. The molecule has 0 bridgehead atoms. The summed E-state index contributed by atoms with van der Waals surface area (Å²) in [4.78, 5) is 10.2. The van der Waals surface area contributed by atoms with E-state index in [1.807, 2.05) is 6.20 Å². The zero-order valence-corrected chi connectivity index (χ0v) is 12.8. The van der Waals surface area contributed by atoms with Gasteiger partial charge < -0.3 is 10.6 Å². The Morgan fingerprint density at radius 2 is 2.17 bits per heavy atom. The van der Waals surface area contributed by atoms with E-state index in [1.54, 1.807) is 11.3 Å². The van der Waals surface area contributed by atoms with Crippen molar-refractivity contribution in [3.8, 4) is 0 Å². The molecular weight excluding hydrogens is 244 g/mol. The Kier molecular flexibility index (Phi) is 5.59. The molecule has 0 aliphatic carbocycles. The van der Waals surface area contributed by atoms with E-state index < -0.39 is 0 Å². The molecule has 102 valence electrons. The van der Waals surface area contributed by atoms with Crippen LogP contribution in [0.4, 0.5) is 0 Å². The predicted molar refractivity (Wildman–Crippen MR) is 79.4 cm³/mol. The molecule has 0 unspecified atom stereocenters. The van der Waals surface area contributed by atoms with Crippen molar-refractivity contribution in [1.29, 1.82) is 0 Å². The molecule has 2 N–H and O–H groups in total. The van der Waals surface area contributed by atoms with Crippen molar-refractivity contribution in [2.75, 3.05) is 13.1 Å². The van der Waals surface area contributed by atoms with Crippen LogP contribution in [0.1, 0.15) is 37.6 Å². The molecule has 0 aliphatic heterocycles. The first-order valence-electron chi connectivity index (χ1n) is 6.38. The van der Waals surface area contributed by atoms with Crippen molar-refractivity contribution in [2.24, 2.45) is 4.99 Å². The standard InChI is InChI=1S/C13H24N4S/c1-6-14-12(17-13(3,4)5)15-8-7-11-16-9-10(2)18-11/h9H,6-8H2,1-5H3,(H2,14,15,17). The highest BCUT2D eigenvalue weighted by Crippen LogP contribution is 2.11. The van der Waals surface area contributed by atoms with Gasteiger partial charge in [0.25, 0.3) is 0 Å². The van der Waals surface area contributed by atoms with E-state index in [9.17, 15) is 0 Å². The highest BCUT2D eigenvalue weighted by atomic mass is 32.1. The van der Waals surface area contributed by atoms with E-state index in [0.29, 0.717) is 0 Å². The van der Waals surface area contributed by atoms with Gasteiger partial charge in [0.05, 0.1) is 5.01 Å². The molecule has 1 rings (SSSR count). The number of hydrogen-bond donors (Lipinski definition) is 2. The zero-order valence-electron chi connectivity index (χ0n) is 12.0. The van der Waals surface area contributed by atoms with E-state index in [0.717, 1.165) is 30.5 Å². The van der Waals surface area contributed by atoms with Crippen LogP contribution in [0.2, 0.25) is 0 Å². The minimum atomic E-state index is 0.0266. The van der Waals surface area contributed by atoms with Crippen molar-refractivity contribution in [3.05, 3.63) is 16.1 Å². The summed E-state index contributed by atoms with van der Waals surface area (Å²) >= 11 is 1.74. The van der Waals surface area contributed by atoms with Gasteiger partial charge in [0, 0.05) is 36.1 Å². The van der Waals surface area contributed by atoms with Crippen LogP contribution in [-0.4, -0.2) is 29.6 Å². The van der Waals surface area contributed by atoms with Crippen molar-refractivity contribution in [1.82, 2.24) is 15.6 Å². The lowest BCUT2D eigenvalue weighted by Crippen LogP contribution is -2.47. The van der Waals surface area contributed by atoms with Crippen molar-refractivity contribution in [2.45, 2.75) is 46.6 Å². The quantitative estimate of drug-likeness (QED) is 0.651. The number of nitrogens with zero attached hydrogens (tertiary/aromatic N) is 2. The minimum Gasteiger partial charge on any atom is -0.357 e. The number of aryl methyl sites for hydroxylation is 1. The molecule has 0 amide bonds. The number of nitrogens with one attached hydrogen (secondary N) is 2. The van der Waals surface area contributed by atoms with E-state index in [4.69, 9.17) is 0 Å². The first kappa shape index (κ1) is 15.0. The lowest BCUT2D eigenvalue weighted by Gasteiger charge is -2.23. The maximum Gasteiger partial charge on any atom is 0.191 e. The monoisotopic (exact) mass is 268 g/mol. The molecule has 0 saturated heterocycles. The van der Waals surface area contributed by atoms with Crippen LogP contribution in [-0.2, 0) is 6.42 Å². The smallest absolute Gasteiger partial charge is 0.191 e. The van der Waals surface area contributed by atoms with Crippen LogP contribution in [0.25, 0.3) is 0 Å². The van der Waals surface area contributed by atoms with Crippen molar-refractivity contribution >= 4 is 17.3 Å². The third-order valence-corrected chi connectivity index (χ3v) is 3.07. The highest BCUT2D eigenvalue weighted by Gasteiger charge is 2.11. The lowest BCUT2D eigenvalue weighted by atomic mass is 10.1. The molecule has 0 aliphatic rings. The maximum absolute atomic E-state index is 4.56. The average Bonchev–Trinajstić information content (AvgIpc) is 2.62. The molecule has 0 spiro atoms. The van der Waals surface area contributed by atoms with Crippen LogP contribution in [0.3, 0.4) is 0 Å². The Balaban J connectivity index is 2.49. The van der Waals surface area contributed by atoms with E-state index in [1.165, 1.54) is 4.88 Å². The predicted octanol–water partition coefficient (Wildman–Crippen LogP) is 2.35. The molecule has 1 heterocycles. The molecule has 0 atom stereocenters. The molecule has 0 saturated carbocycles. The lowest BCUT2D eigenvalue weighted by molar-refractivity contribution is 0.501. The third-order valence-electron chi connectivity index (χ3n) is 2.10. The number of guanidine groups is 1. The third kappa shape index (κ3) is 6.00. The molecule has 18 heavy (non-hydrogen) atoms. The second kappa shape index (κ2) is 6.73. The van der Waals surface area contributed by atoms with E-state index >= 15 is 0 Å². The van der Waals surface area contributed by atoms with Crippen LogP contribution < -0.4 is 10.6 Å². The SMILES string of the molecule is CCNC(=NCCc1ncc(C)s1)NC(C)(C)C. The molecule has 5 heteroatoms. The first-order valence-corrected chi connectivity index (χ1v) is 7.20. The topological polar surface area (TPSA) is 49.3 Å². The Hall–Kier alpha value is -1.10. The summed E-state index contributed by atoms with van der Waals surface area (Å²) in [6.45, 7) is 12.2. The summed E-state index contributed by atoms with van der Waals surface area (Å²) in [6, 6.07) is 0. The fourth-order valence-corrected chi connectivity index (χ4v) is 2.22. The number of aromatic nitrogens is 1. The Morgan fingerprint density at radius 1 is 1.44 bits per heavy atom. The minimum absolute atomic E-state index is 0.0266. The molecule has 0 fully saturated rings. The molecule has 4 nitrogen and oxygen atoms in total. The van der Waals surface area contributed by atoms with Gasteiger partial charge in [0.1, 0.15) is 0 Å². The van der Waals surface area contributed by atoms with Gasteiger partial charge in [-0.15, -0.1) is 11.3 Å². The summed E-state index contributed by atoms with van der Waals surface area (Å²) in [7, 11) is 0. The van der Waals surface area contributed by atoms with Gasteiger partial charge in [-0.1, -0.05) is 0 Å². The molecule has 0 aromatic carbocycles. The van der Waals surface area contributed by atoms with E-state index in [2.05, 4.69) is 55.2 Å². The largest absolute Gasteiger partial charge is 0.357 e. The van der Waals surface area contributed by atoms with E-state index in [-0.39, 0.29) is 5.54 Å². The fourth-order valence-electron chi connectivity index (χ4n) is 1.44. The summed E-state index contributed by atoms with van der Waals surface area (Å²) < 4.78 is 0. The Labute approximate surface area is 114 Å². The maximum atomic E-state index is 4.56. The van der Waals surface area contributed by atoms with Crippen LogP contribution in [0, 0.1) is 6.92 Å². The Morgan fingerprint density at radius 3 is 2.67 bits per heavy atom. The normalized spacial score (nSPS) is 12.6. The van der Waals surface area contributed by atoms with Gasteiger partial charge >= 0.3 is 0 Å².